The van der Waals surface area contributed by atoms with E-state index in [1.165, 1.54) is 25.6 Å². The average molecular weight is 168 g/mol. The molecule has 0 aromatic carbocycles. The molecule has 0 radical (unpaired) electrons. The van der Waals surface area contributed by atoms with Crippen molar-refractivity contribution >= 4 is 11.9 Å². The van der Waals surface area contributed by atoms with Crippen LogP contribution in [0.3, 0.4) is 0 Å². The van der Waals surface area contributed by atoms with Crippen LogP contribution in [0.1, 0.15) is 10.4 Å². The highest BCUT2D eigenvalue weighted by Gasteiger charge is 2.16. The zero-order valence-corrected chi connectivity index (χ0v) is 6.48. The fraction of sp³-hybridized carbons (Fsp3) is 0.143. The van der Waals surface area contributed by atoms with Gasteiger partial charge < -0.3 is 10.2 Å². The van der Waals surface area contributed by atoms with Crippen molar-refractivity contribution in [2.75, 3.05) is 7.05 Å². The summed E-state index contributed by atoms with van der Waals surface area (Å²) in [6.45, 7) is 0. The number of nitrogens with two attached hydrogens (primary N) is 1. The van der Waals surface area contributed by atoms with Gasteiger partial charge >= 0.3 is 6.03 Å². The van der Waals surface area contributed by atoms with E-state index in [-0.39, 0.29) is 0 Å². The zero-order valence-electron chi connectivity index (χ0n) is 6.48. The second-order valence-electron chi connectivity index (χ2n) is 2.21. The minimum atomic E-state index is -0.791. The molecule has 0 saturated heterocycles. The molecule has 1 aromatic heterocycles. The number of nitrogens with zero attached hydrogens (tertiary/aromatic N) is 1. The highest BCUT2D eigenvalue weighted by molar-refractivity contribution is 6.03. The van der Waals surface area contributed by atoms with Gasteiger partial charge in [-0.25, -0.2) is 4.79 Å². The Balaban J connectivity index is 2.79. The second kappa shape index (κ2) is 3.08. The number of amides is 3. The monoisotopic (exact) mass is 168 g/mol. The fourth-order valence-electron chi connectivity index (χ4n) is 0.680. The third-order valence-corrected chi connectivity index (χ3v) is 1.40. The molecule has 0 fully saturated rings. The minimum absolute atomic E-state index is 0.302. The first kappa shape index (κ1) is 8.32. The number of primary amides is 1. The highest BCUT2D eigenvalue weighted by atomic mass is 16.3. The van der Waals surface area contributed by atoms with E-state index in [0.717, 1.165) is 4.90 Å². The lowest BCUT2D eigenvalue weighted by molar-refractivity contribution is 0.0837. The quantitative estimate of drug-likeness (QED) is 0.660. The fourth-order valence-corrected chi connectivity index (χ4v) is 0.680. The van der Waals surface area contributed by atoms with Crippen molar-refractivity contribution in [3.05, 3.63) is 24.2 Å². The first-order valence-corrected chi connectivity index (χ1v) is 3.22. The predicted octanol–water partition coefficient (Wildman–Crippen LogP) is 0.430. The molecule has 64 valence electrons. The molecule has 5 heteroatoms. The van der Waals surface area contributed by atoms with E-state index in [9.17, 15) is 9.59 Å². The Morgan fingerprint density at radius 2 is 2.25 bits per heavy atom. The summed E-state index contributed by atoms with van der Waals surface area (Å²) in [5.41, 5.74) is 5.18. The Kier molecular flexibility index (Phi) is 2.14. The summed E-state index contributed by atoms with van der Waals surface area (Å²) in [6, 6.07) is 0.670. The largest absolute Gasteiger partial charge is 0.472 e. The van der Waals surface area contributed by atoms with Gasteiger partial charge in [-0.2, -0.15) is 0 Å². The maximum Gasteiger partial charge on any atom is 0.321 e. The van der Waals surface area contributed by atoms with Crippen molar-refractivity contribution in [3.63, 3.8) is 0 Å². The Hall–Kier alpha value is -1.78. The number of rotatable bonds is 1. The van der Waals surface area contributed by atoms with Crippen LogP contribution in [0.5, 0.6) is 0 Å². The molecule has 0 spiro atoms. The van der Waals surface area contributed by atoms with Crippen LogP contribution >= 0.6 is 0 Å². The molecule has 0 unspecified atom stereocenters. The summed E-state index contributed by atoms with van der Waals surface area (Å²) in [7, 11) is 1.30. The van der Waals surface area contributed by atoms with Gasteiger partial charge in [0.2, 0.25) is 0 Å². The molecule has 1 rings (SSSR count). The number of hydrogen-bond acceptors (Lipinski definition) is 3. The van der Waals surface area contributed by atoms with Crippen molar-refractivity contribution < 1.29 is 14.0 Å². The van der Waals surface area contributed by atoms with E-state index in [4.69, 9.17) is 5.73 Å². The van der Waals surface area contributed by atoms with Gasteiger partial charge in [-0.1, -0.05) is 0 Å². The Morgan fingerprint density at radius 3 is 2.67 bits per heavy atom. The van der Waals surface area contributed by atoms with Crippen LogP contribution in [0.15, 0.2) is 23.0 Å². The molecular weight excluding hydrogens is 160 g/mol. The van der Waals surface area contributed by atoms with Gasteiger partial charge in [0.25, 0.3) is 5.91 Å². The molecule has 0 aliphatic carbocycles. The predicted molar refractivity (Wildman–Crippen MR) is 40.4 cm³/mol. The number of hydrogen-bond donors (Lipinski definition) is 1. The van der Waals surface area contributed by atoms with E-state index < -0.39 is 11.9 Å². The molecule has 5 nitrogen and oxygen atoms in total. The summed E-state index contributed by atoms with van der Waals surface area (Å²) in [4.78, 5) is 22.6. The number of carbonyl (C=O) groups is 2. The topological polar surface area (TPSA) is 76.5 Å². The Morgan fingerprint density at radius 1 is 1.58 bits per heavy atom. The molecule has 0 bridgehead atoms. The van der Waals surface area contributed by atoms with Crippen LogP contribution in [-0.4, -0.2) is 23.9 Å². The van der Waals surface area contributed by atoms with Crippen LogP contribution in [0, 0.1) is 0 Å². The Bertz CT molecular complexity index is 292. The van der Waals surface area contributed by atoms with Gasteiger partial charge in [0, 0.05) is 7.05 Å². The smallest absolute Gasteiger partial charge is 0.321 e. The molecular formula is C7H8N2O3. The lowest BCUT2D eigenvalue weighted by Gasteiger charge is -2.09. The maximum atomic E-state index is 11.2. The van der Waals surface area contributed by atoms with Crippen molar-refractivity contribution in [1.29, 1.82) is 0 Å². The van der Waals surface area contributed by atoms with Gasteiger partial charge in [0.1, 0.15) is 6.26 Å². The average Bonchev–Trinajstić information content (AvgIpc) is 2.53. The van der Waals surface area contributed by atoms with Gasteiger partial charge in [0.05, 0.1) is 11.8 Å². The van der Waals surface area contributed by atoms with Crippen molar-refractivity contribution in [3.8, 4) is 0 Å². The summed E-state index contributed by atoms with van der Waals surface area (Å²) < 4.78 is 4.67. The maximum absolute atomic E-state index is 11.2. The summed E-state index contributed by atoms with van der Waals surface area (Å²) in [6.07, 6.45) is 2.60. The molecule has 3 amide bonds. The highest BCUT2D eigenvalue weighted by Crippen LogP contribution is 2.03. The van der Waals surface area contributed by atoms with Gasteiger partial charge in [-0.05, 0) is 6.07 Å². The van der Waals surface area contributed by atoms with Crippen LogP contribution < -0.4 is 5.73 Å². The van der Waals surface area contributed by atoms with Crippen molar-refractivity contribution in [2.24, 2.45) is 5.73 Å². The number of carbonyl (C=O) groups excluding carboxylic acids is 2. The van der Waals surface area contributed by atoms with Gasteiger partial charge in [-0.15, -0.1) is 0 Å². The van der Waals surface area contributed by atoms with E-state index >= 15 is 0 Å². The van der Waals surface area contributed by atoms with Crippen LogP contribution in [-0.2, 0) is 0 Å². The molecule has 0 aliphatic rings. The molecule has 0 aliphatic heterocycles. The molecule has 1 heterocycles. The molecule has 2 N–H and O–H groups in total. The first-order valence-electron chi connectivity index (χ1n) is 3.22. The van der Waals surface area contributed by atoms with Crippen molar-refractivity contribution in [1.82, 2.24) is 4.90 Å². The molecule has 0 saturated carbocycles. The molecule has 0 atom stereocenters. The van der Waals surface area contributed by atoms with Crippen LogP contribution in [0.4, 0.5) is 4.79 Å². The second-order valence-corrected chi connectivity index (χ2v) is 2.21. The molecule has 12 heavy (non-hydrogen) atoms. The lowest BCUT2D eigenvalue weighted by Crippen LogP contribution is -2.37. The third kappa shape index (κ3) is 1.45. The SMILES string of the molecule is CN(C(N)=O)C(=O)c1ccoc1. The third-order valence-electron chi connectivity index (χ3n) is 1.40. The Labute approximate surface area is 68.7 Å². The van der Waals surface area contributed by atoms with E-state index in [0.29, 0.717) is 5.56 Å². The summed E-state index contributed by atoms with van der Waals surface area (Å²) in [5.74, 6) is -0.476. The van der Waals surface area contributed by atoms with E-state index in [2.05, 4.69) is 4.42 Å². The minimum Gasteiger partial charge on any atom is -0.472 e. The lowest BCUT2D eigenvalue weighted by atomic mass is 10.3. The molecule has 1 aromatic rings. The first-order chi connectivity index (χ1) is 5.63. The van der Waals surface area contributed by atoms with Gasteiger partial charge in [-0.3, -0.25) is 9.69 Å². The van der Waals surface area contributed by atoms with E-state index in [1.807, 2.05) is 0 Å². The van der Waals surface area contributed by atoms with E-state index in [1.54, 1.807) is 0 Å². The number of urea groups is 1. The summed E-state index contributed by atoms with van der Waals surface area (Å²) in [5, 5.41) is 0. The standard InChI is InChI=1S/C7H8N2O3/c1-9(7(8)11)6(10)5-2-3-12-4-5/h2-4H,1H3,(H2,8,11). The van der Waals surface area contributed by atoms with Gasteiger partial charge in [0.15, 0.2) is 0 Å². The summed E-state index contributed by atoms with van der Waals surface area (Å²) >= 11 is 0. The number of furan rings is 1. The normalized spacial score (nSPS) is 9.42. The number of imide groups is 1. The zero-order chi connectivity index (χ0) is 9.14. The van der Waals surface area contributed by atoms with Crippen LogP contribution in [0.2, 0.25) is 0 Å². The van der Waals surface area contributed by atoms with Crippen molar-refractivity contribution in [2.45, 2.75) is 0 Å². The van der Waals surface area contributed by atoms with Crippen LogP contribution in [0.25, 0.3) is 0 Å².